The van der Waals surface area contributed by atoms with Crippen molar-refractivity contribution >= 4 is 17.5 Å². The highest BCUT2D eigenvalue weighted by atomic mass is 35.5. The maximum atomic E-state index is 12.6. The first-order valence-corrected chi connectivity index (χ1v) is 10.8. The van der Waals surface area contributed by atoms with Gasteiger partial charge < -0.3 is 14.6 Å². The van der Waals surface area contributed by atoms with Crippen LogP contribution in [-0.2, 0) is 11.3 Å². The Kier molecular flexibility index (Phi) is 8.03. The minimum atomic E-state index is 0.0549. The number of piperidine rings is 1. The standard InChI is InChI=1S/C21H30ClN5O2/c1-3-11-27(14-19(28)23-16-9-12-26(4-2)13-10-16)15-20-24-25-21(29-20)17-7-5-6-8-18(17)22/h5-8,16H,3-4,9-15H2,1-2H3,(H,23,28). The number of nitrogens with one attached hydrogen (secondary N) is 1. The second-order valence-electron chi connectivity index (χ2n) is 7.47. The number of carbonyl (C=O) groups is 1. The van der Waals surface area contributed by atoms with Crippen LogP contribution in [0.5, 0.6) is 0 Å². The topological polar surface area (TPSA) is 74.5 Å². The molecule has 1 amide bonds. The summed E-state index contributed by atoms with van der Waals surface area (Å²) in [7, 11) is 0. The largest absolute Gasteiger partial charge is 0.419 e. The van der Waals surface area contributed by atoms with Gasteiger partial charge in [-0.15, -0.1) is 10.2 Å². The molecule has 0 bridgehead atoms. The predicted octanol–water partition coefficient (Wildman–Crippen LogP) is 3.20. The molecule has 29 heavy (non-hydrogen) atoms. The van der Waals surface area contributed by atoms with Crippen LogP contribution in [0, 0.1) is 0 Å². The lowest BCUT2D eigenvalue weighted by Gasteiger charge is -2.32. The van der Waals surface area contributed by atoms with Gasteiger partial charge in [0, 0.05) is 19.1 Å². The second kappa shape index (κ2) is 10.7. The van der Waals surface area contributed by atoms with E-state index in [2.05, 4.69) is 34.3 Å². The molecule has 0 spiro atoms. The summed E-state index contributed by atoms with van der Waals surface area (Å²) in [4.78, 5) is 17.0. The Morgan fingerprint density at radius 2 is 2.03 bits per heavy atom. The first-order valence-electron chi connectivity index (χ1n) is 10.4. The Hall–Kier alpha value is -1.96. The van der Waals surface area contributed by atoms with Gasteiger partial charge in [0.2, 0.25) is 17.7 Å². The number of halogens is 1. The second-order valence-corrected chi connectivity index (χ2v) is 7.87. The molecule has 1 aromatic heterocycles. The fourth-order valence-corrected chi connectivity index (χ4v) is 3.87. The van der Waals surface area contributed by atoms with Crippen molar-refractivity contribution in [2.75, 3.05) is 32.7 Å². The molecule has 0 unspecified atom stereocenters. The molecule has 1 aromatic carbocycles. The van der Waals surface area contributed by atoms with Crippen molar-refractivity contribution in [3.05, 3.63) is 35.2 Å². The van der Waals surface area contributed by atoms with Crippen LogP contribution >= 0.6 is 11.6 Å². The van der Waals surface area contributed by atoms with Gasteiger partial charge in [0.15, 0.2) is 0 Å². The molecule has 0 atom stereocenters. The molecule has 0 aliphatic carbocycles. The van der Waals surface area contributed by atoms with E-state index < -0.39 is 0 Å². The summed E-state index contributed by atoms with van der Waals surface area (Å²) in [5.41, 5.74) is 0.714. The first-order chi connectivity index (χ1) is 14.1. The summed E-state index contributed by atoms with van der Waals surface area (Å²) in [6.07, 6.45) is 2.96. The number of amides is 1. The van der Waals surface area contributed by atoms with Gasteiger partial charge in [0.25, 0.3) is 0 Å². The zero-order chi connectivity index (χ0) is 20.6. The molecular formula is C21H30ClN5O2. The van der Waals surface area contributed by atoms with Gasteiger partial charge in [-0.2, -0.15) is 0 Å². The lowest BCUT2D eigenvalue weighted by molar-refractivity contribution is -0.123. The summed E-state index contributed by atoms with van der Waals surface area (Å²) in [6, 6.07) is 7.64. The number of hydrogen-bond donors (Lipinski definition) is 1. The van der Waals surface area contributed by atoms with Crippen molar-refractivity contribution < 1.29 is 9.21 Å². The normalized spacial score (nSPS) is 15.7. The number of benzene rings is 1. The van der Waals surface area contributed by atoms with Crippen LogP contribution in [0.15, 0.2) is 28.7 Å². The van der Waals surface area contributed by atoms with E-state index in [0.29, 0.717) is 35.5 Å². The molecule has 1 fully saturated rings. The van der Waals surface area contributed by atoms with Gasteiger partial charge in [-0.3, -0.25) is 9.69 Å². The van der Waals surface area contributed by atoms with Crippen LogP contribution in [0.1, 0.15) is 39.0 Å². The average molecular weight is 420 g/mol. The minimum Gasteiger partial charge on any atom is -0.419 e. The molecule has 8 heteroatoms. The van der Waals surface area contributed by atoms with Crippen molar-refractivity contribution in [3.63, 3.8) is 0 Å². The Morgan fingerprint density at radius 3 is 2.72 bits per heavy atom. The van der Waals surface area contributed by atoms with Gasteiger partial charge in [0.05, 0.1) is 23.7 Å². The van der Waals surface area contributed by atoms with Crippen molar-refractivity contribution in [1.29, 1.82) is 0 Å². The Morgan fingerprint density at radius 1 is 1.28 bits per heavy atom. The van der Waals surface area contributed by atoms with Gasteiger partial charge >= 0.3 is 0 Å². The third kappa shape index (κ3) is 6.26. The van der Waals surface area contributed by atoms with Crippen LogP contribution in [0.25, 0.3) is 11.5 Å². The third-order valence-electron chi connectivity index (χ3n) is 5.24. The maximum absolute atomic E-state index is 12.6. The molecule has 0 radical (unpaired) electrons. The summed E-state index contributed by atoms with van der Waals surface area (Å²) >= 11 is 6.21. The van der Waals surface area contributed by atoms with E-state index in [0.717, 1.165) is 45.4 Å². The molecule has 1 saturated heterocycles. The van der Waals surface area contributed by atoms with E-state index in [1.807, 2.05) is 23.1 Å². The first kappa shape index (κ1) is 21.7. The highest BCUT2D eigenvalue weighted by Gasteiger charge is 2.21. The van der Waals surface area contributed by atoms with Crippen LogP contribution in [0.4, 0.5) is 0 Å². The fraction of sp³-hybridized carbons (Fsp3) is 0.571. The summed E-state index contributed by atoms with van der Waals surface area (Å²) < 4.78 is 5.80. The lowest BCUT2D eigenvalue weighted by atomic mass is 10.1. The Balaban J connectivity index is 1.55. The molecule has 1 aliphatic rings. The van der Waals surface area contributed by atoms with Crippen LogP contribution in [0.3, 0.4) is 0 Å². The maximum Gasteiger partial charge on any atom is 0.249 e. The van der Waals surface area contributed by atoms with Crippen molar-refractivity contribution in [1.82, 2.24) is 25.3 Å². The zero-order valence-electron chi connectivity index (χ0n) is 17.2. The molecule has 0 saturated carbocycles. The number of aromatic nitrogens is 2. The number of nitrogens with zero attached hydrogens (tertiary/aromatic N) is 4. The smallest absolute Gasteiger partial charge is 0.249 e. The monoisotopic (exact) mass is 419 g/mol. The third-order valence-corrected chi connectivity index (χ3v) is 5.57. The molecule has 2 heterocycles. The highest BCUT2D eigenvalue weighted by molar-refractivity contribution is 6.33. The quantitative estimate of drug-likeness (QED) is 0.672. The lowest BCUT2D eigenvalue weighted by Crippen LogP contribution is -2.47. The molecule has 2 aromatic rings. The molecule has 3 rings (SSSR count). The van der Waals surface area contributed by atoms with E-state index in [-0.39, 0.29) is 11.9 Å². The van der Waals surface area contributed by atoms with E-state index in [1.54, 1.807) is 6.07 Å². The number of hydrogen-bond acceptors (Lipinski definition) is 6. The van der Waals surface area contributed by atoms with E-state index in [1.165, 1.54) is 0 Å². The molecular weight excluding hydrogens is 390 g/mol. The zero-order valence-corrected chi connectivity index (χ0v) is 18.0. The molecule has 1 aliphatic heterocycles. The average Bonchev–Trinajstić information content (AvgIpc) is 3.17. The van der Waals surface area contributed by atoms with E-state index >= 15 is 0 Å². The van der Waals surface area contributed by atoms with Crippen LogP contribution < -0.4 is 5.32 Å². The highest BCUT2D eigenvalue weighted by Crippen LogP contribution is 2.26. The van der Waals surface area contributed by atoms with Gasteiger partial charge in [-0.1, -0.05) is 37.6 Å². The van der Waals surface area contributed by atoms with Gasteiger partial charge in [-0.25, -0.2) is 0 Å². The number of carbonyl (C=O) groups excluding carboxylic acids is 1. The molecule has 158 valence electrons. The van der Waals surface area contributed by atoms with Gasteiger partial charge in [0.1, 0.15) is 0 Å². The molecule has 1 N–H and O–H groups in total. The number of likely N-dealkylation sites (tertiary alicyclic amines) is 1. The van der Waals surface area contributed by atoms with Crippen LogP contribution in [-0.4, -0.2) is 64.7 Å². The van der Waals surface area contributed by atoms with Crippen molar-refractivity contribution in [2.45, 2.75) is 45.7 Å². The predicted molar refractivity (Wildman–Crippen MR) is 114 cm³/mol. The molecule has 7 nitrogen and oxygen atoms in total. The van der Waals surface area contributed by atoms with Gasteiger partial charge in [-0.05, 0) is 44.5 Å². The van der Waals surface area contributed by atoms with Crippen molar-refractivity contribution in [3.8, 4) is 11.5 Å². The SMILES string of the molecule is CCCN(CC(=O)NC1CCN(CC)CC1)Cc1nnc(-c2ccccc2Cl)o1. The Labute approximate surface area is 177 Å². The van der Waals surface area contributed by atoms with Crippen LogP contribution in [0.2, 0.25) is 5.02 Å². The summed E-state index contributed by atoms with van der Waals surface area (Å²) in [5.74, 6) is 0.936. The van der Waals surface area contributed by atoms with E-state index in [9.17, 15) is 4.79 Å². The number of rotatable bonds is 9. The minimum absolute atomic E-state index is 0.0549. The van der Waals surface area contributed by atoms with Crippen molar-refractivity contribution in [2.24, 2.45) is 0 Å². The summed E-state index contributed by atoms with van der Waals surface area (Å²) in [6.45, 7) is 8.99. The Bertz CT molecular complexity index is 789. The van der Waals surface area contributed by atoms with E-state index in [4.69, 9.17) is 16.0 Å². The fourth-order valence-electron chi connectivity index (χ4n) is 3.65. The summed E-state index contributed by atoms with van der Waals surface area (Å²) in [5, 5.41) is 12.0.